The maximum atomic E-state index is 8.79. The van der Waals surface area contributed by atoms with Crippen LogP contribution in [0.25, 0.3) is 0 Å². The largest absolute Gasteiger partial charge is 0.397 e. The first-order valence-electron chi connectivity index (χ1n) is 3.05. The molecule has 0 aliphatic rings. The second kappa shape index (κ2) is 2.66. The number of hydrogen-bond donors (Lipinski definition) is 2. The second-order valence-electron chi connectivity index (χ2n) is 2.18. The monoisotopic (exact) mass is 138 g/mol. The van der Waals surface area contributed by atoms with Crippen molar-refractivity contribution in [2.24, 2.45) is 0 Å². The molecule has 10 heavy (non-hydrogen) atoms. The van der Waals surface area contributed by atoms with Crippen LogP contribution < -0.4 is 5.73 Å². The van der Waals surface area contributed by atoms with Crippen LogP contribution in [0.2, 0.25) is 0 Å². The number of pyridine rings is 1. The van der Waals surface area contributed by atoms with E-state index < -0.39 is 0 Å². The highest BCUT2D eigenvalue weighted by Crippen LogP contribution is 2.13. The van der Waals surface area contributed by atoms with E-state index in [1.807, 2.05) is 6.92 Å². The van der Waals surface area contributed by atoms with Crippen LogP contribution in [0.1, 0.15) is 11.1 Å². The number of aryl methyl sites for hydroxylation is 1. The van der Waals surface area contributed by atoms with E-state index in [1.165, 1.54) is 0 Å². The van der Waals surface area contributed by atoms with Crippen LogP contribution in [0.5, 0.6) is 0 Å². The van der Waals surface area contributed by atoms with E-state index in [-0.39, 0.29) is 6.61 Å². The van der Waals surface area contributed by atoms with Gasteiger partial charge in [0.15, 0.2) is 0 Å². The predicted octanol–water partition coefficient (Wildman–Crippen LogP) is 0.465. The molecule has 0 bridgehead atoms. The second-order valence-corrected chi connectivity index (χ2v) is 2.18. The summed E-state index contributed by atoms with van der Waals surface area (Å²) in [5.41, 5.74) is 7.77. The lowest BCUT2D eigenvalue weighted by Crippen LogP contribution is -1.97. The number of nitrogens with two attached hydrogens (primary N) is 1. The van der Waals surface area contributed by atoms with Crippen molar-refractivity contribution in [3.63, 3.8) is 0 Å². The lowest BCUT2D eigenvalue weighted by Gasteiger charge is -2.03. The molecule has 1 heterocycles. The SMILES string of the molecule is Cc1cncc(N)c1CO. The third-order valence-electron chi connectivity index (χ3n) is 1.46. The molecular weight excluding hydrogens is 128 g/mol. The number of anilines is 1. The number of nitrogen functional groups attached to an aromatic ring is 1. The summed E-state index contributed by atoms with van der Waals surface area (Å²) >= 11 is 0. The molecule has 0 spiro atoms. The molecule has 0 aromatic carbocycles. The first kappa shape index (κ1) is 7.02. The predicted molar refractivity (Wildman–Crippen MR) is 39.3 cm³/mol. The number of aliphatic hydroxyl groups is 1. The maximum absolute atomic E-state index is 8.79. The van der Waals surface area contributed by atoms with Crippen LogP contribution in [0.3, 0.4) is 0 Å². The van der Waals surface area contributed by atoms with E-state index in [2.05, 4.69) is 4.98 Å². The van der Waals surface area contributed by atoms with Gasteiger partial charge in [0.05, 0.1) is 18.5 Å². The van der Waals surface area contributed by atoms with Crippen LogP contribution in [-0.2, 0) is 6.61 Å². The Kier molecular flexibility index (Phi) is 1.87. The summed E-state index contributed by atoms with van der Waals surface area (Å²) in [5.74, 6) is 0. The Morgan fingerprint density at radius 2 is 2.30 bits per heavy atom. The summed E-state index contributed by atoms with van der Waals surface area (Å²) < 4.78 is 0. The summed E-state index contributed by atoms with van der Waals surface area (Å²) in [6.07, 6.45) is 3.22. The minimum Gasteiger partial charge on any atom is -0.397 e. The summed E-state index contributed by atoms with van der Waals surface area (Å²) in [4.78, 5) is 3.86. The van der Waals surface area contributed by atoms with Gasteiger partial charge in [-0.1, -0.05) is 0 Å². The summed E-state index contributed by atoms with van der Waals surface area (Å²) in [5, 5.41) is 8.79. The molecule has 0 saturated carbocycles. The maximum Gasteiger partial charge on any atom is 0.0705 e. The zero-order valence-electron chi connectivity index (χ0n) is 5.83. The van der Waals surface area contributed by atoms with E-state index in [4.69, 9.17) is 10.8 Å². The van der Waals surface area contributed by atoms with E-state index in [9.17, 15) is 0 Å². The number of aliphatic hydroxyl groups excluding tert-OH is 1. The van der Waals surface area contributed by atoms with Crippen LogP contribution in [-0.4, -0.2) is 10.1 Å². The van der Waals surface area contributed by atoms with Gasteiger partial charge in [0.2, 0.25) is 0 Å². The molecule has 1 rings (SSSR count). The smallest absolute Gasteiger partial charge is 0.0705 e. The third-order valence-corrected chi connectivity index (χ3v) is 1.46. The lowest BCUT2D eigenvalue weighted by atomic mass is 10.1. The van der Waals surface area contributed by atoms with E-state index >= 15 is 0 Å². The molecule has 3 N–H and O–H groups in total. The summed E-state index contributed by atoms with van der Waals surface area (Å²) in [7, 11) is 0. The third kappa shape index (κ3) is 1.09. The van der Waals surface area contributed by atoms with Crippen molar-refractivity contribution in [1.82, 2.24) is 4.98 Å². The van der Waals surface area contributed by atoms with Gasteiger partial charge in [-0.3, -0.25) is 4.98 Å². The van der Waals surface area contributed by atoms with Gasteiger partial charge in [0, 0.05) is 11.8 Å². The van der Waals surface area contributed by atoms with E-state index in [0.29, 0.717) is 5.69 Å². The molecule has 0 atom stereocenters. The minimum atomic E-state index is -0.0137. The van der Waals surface area contributed by atoms with Crippen LogP contribution in [0.4, 0.5) is 5.69 Å². The molecule has 3 nitrogen and oxygen atoms in total. The average molecular weight is 138 g/mol. The molecule has 1 aromatic heterocycles. The average Bonchev–Trinajstić information content (AvgIpc) is 1.88. The molecule has 3 heteroatoms. The molecule has 54 valence electrons. The molecule has 0 fully saturated rings. The summed E-state index contributed by atoms with van der Waals surface area (Å²) in [6.45, 7) is 1.86. The van der Waals surface area contributed by atoms with Crippen molar-refractivity contribution >= 4 is 5.69 Å². The molecule has 0 saturated heterocycles. The van der Waals surface area contributed by atoms with Crippen LogP contribution in [0.15, 0.2) is 12.4 Å². The van der Waals surface area contributed by atoms with Gasteiger partial charge in [-0.05, 0) is 12.5 Å². The summed E-state index contributed by atoms with van der Waals surface area (Å²) in [6, 6.07) is 0. The Bertz CT molecular complexity index is 215. The van der Waals surface area contributed by atoms with E-state index in [1.54, 1.807) is 12.4 Å². The Morgan fingerprint density at radius 3 is 2.70 bits per heavy atom. The van der Waals surface area contributed by atoms with Crippen molar-refractivity contribution in [3.8, 4) is 0 Å². The standard InChI is InChI=1S/C7H10N2O/c1-5-2-9-3-7(8)6(5)4-10/h2-3,10H,4,8H2,1H3. The molecule has 1 aromatic rings. The van der Waals surface area contributed by atoms with Crippen molar-refractivity contribution in [2.75, 3.05) is 5.73 Å². The molecule has 0 aliphatic heterocycles. The molecular formula is C7H10N2O. The fourth-order valence-corrected chi connectivity index (χ4v) is 0.829. The normalized spacial score (nSPS) is 9.80. The van der Waals surface area contributed by atoms with Gasteiger partial charge in [-0.15, -0.1) is 0 Å². The molecule has 0 aliphatic carbocycles. The Labute approximate surface area is 59.5 Å². The fraction of sp³-hybridized carbons (Fsp3) is 0.286. The number of nitrogens with zero attached hydrogens (tertiary/aromatic N) is 1. The number of hydrogen-bond acceptors (Lipinski definition) is 3. The fourth-order valence-electron chi connectivity index (χ4n) is 0.829. The zero-order chi connectivity index (χ0) is 7.56. The van der Waals surface area contributed by atoms with Crippen molar-refractivity contribution < 1.29 is 5.11 Å². The molecule has 0 unspecified atom stereocenters. The highest BCUT2D eigenvalue weighted by molar-refractivity contribution is 5.47. The Hall–Kier alpha value is -1.09. The molecule has 0 amide bonds. The van der Waals surface area contributed by atoms with Gasteiger partial charge in [0.1, 0.15) is 0 Å². The van der Waals surface area contributed by atoms with E-state index in [0.717, 1.165) is 11.1 Å². The topological polar surface area (TPSA) is 59.1 Å². The lowest BCUT2D eigenvalue weighted by molar-refractivity contribution is 0.281. The van der Waals surface area contributed by atoms with Gasteiger partial charge < -0.3 is 10.8 Å². The van der Waals surface area contributed by atoms with Gasteiger partial charge in [0.25, 0.3) is 0 Å². The first-order valence-corrected chi connectivity index (χ1v) is 3.05. The first-order chi connectivity index (χ1) is 4.75. The van der Waals surface area contributed by atoms with Crippen LogP contribution >= 0.6 is 0 Å². The van der Waals surface area contributed by atoms with Gasteiger partial charge >= 0.3 is 0 Å². The van der Waals surface area contributed by atoms with Crippen molar-refractivity contribution in [3.05, 3.63) is 23.5 Å². The highest BCUT2D eigenvalue weighted by atomic mass is 16.3. The number of aromatic nitrogens is 1. The van der Waals surface area contributed by atoms with Gasteiger partial charge in [-0.2, -0.15) is 0 Å². The minimum absolute atomic E-state index is 0.0137. The zero-order valence-corrected chi connectivity index (χ0v) is 5.83. The number of rotatable bonds is 1. The Balaban J connectivity index is 3.17. The van der Waals surface area contributed by atoms with Crippen molar-refractivity contribution in [1.29, 1.82) is 0 Å². The van der Waals surface area contributed by atoms with Crippen molar-refractivity contribution in [2.45, 2.75) is 13.5 Å². The quantitative estimate of drug-likeness (QED) is 0.592. The van der Waals surface area contributed by atoms with Crippen LogP contribution in [0, 0.1) is 6.92 Å². The Morgan fingerprint density at radius 1 is 1.60 bits per heavy atom. The van der Waals surface area contributed by atoms with Gasteiger partial charge in [-0.25, -0.2) is 0 Å². The molecule has 0 radical (unpaired) electrons. The highest BCUT2D eigenvalue weighted by Gasteiger charge is 1.99.